The molecule has 0 heterocycles. The number of nitro benzene ring substituents is 1. The summed E-state index contributed by atoms with van der Waals surface area (Å²) in [4.78, 5) is 9.64. The van der Waals surface area contributed by atoms with Gasteiger partial charge in [-0.1, -0.05) is 23.7 Å². The van der Waals surface area contributed by atoms with Crippen LogP contribution in [0.15, 0.2) is 47.4 Å². The Kier molecular flexibility index (Phi) is 4.01. The molecule has 0 spiro atoms. The number of nitrogens with one attached hydrogen (secondary N) is 1. The number of hydrogen-bond acceptors (Lipinski definition) is 5. The molecule has 110 valence electrons. The zero-order chi connectivity index (χ0) is 15.6. The van der Waals surface area contributed by atoms with Crippen molar-refractivity contribution in [2.24, 2.45) is 0 Å². The maximum atomic E-state index is 12.2. The summed E-state index contributed by atoms with van der Waals surface area (Å²) in [6, 6.07) is 8.66. The van der Waals surface area contributed by atoms with Crippen molar-refractivity contribution in [2.75, 3.05) is 4.72 Å². The van der Waals surface area contributed by atoms with Gasteiger partial charge in [-0.05, 0) is 24.3 Å². The third kappa shape index (κ3) is 3.23. The van der Waals surface area contributed by atoms with E-state index in [9.17, 15) is 23.6 Å². The quantitative estimate of drug-likeness (QED) is 0.509. The molecule has 9 heteroatoms. The highest BCUT2D eigenvalue weighted by Crippen LogP contribution is 2.29. The van der Waals surface area contributed by atoms with Gasteiger partial charge in [-0.3, -0.25) is 14.8 Å². The van der Waals surface area contributed by atoms with Crippen LogP contribution in [-0.2, 0) is 10.0 Å². The number of hydrogen-bond donors (Lipinski definition) is 2. The predicted molar refractivity (Wildman–Crippen MR) is 77.0 cm³/mol. The first-order chi connectivity index (χ1) is 9.81. The van der Waals surface area contributed by atoms with Crippen LogP contribution in [0.1, 0.15) is 0 Å². The summed E-state index contributed by atoms with van der Waals surface area (Å²) in [7, 11) is -4.15. The molecule has 0 amide bonds. The third-order valence-corrected chi connectivity index (χ3v) is 4.28. The molecule has 0 aliphatic carbocycles. The van der Waals surface area contributed by atoms with Crippen molar-refractivity contribution in [3.05, 3.63) is 57.6 Å². The van der Waals surface area contributed by atoms with Crippen molar-refractivity contribution in [3.8, 4) is 5.75 Å². The van der Waals surface area contributed by atoms with Crippen LogP contribution < -0.4 is 4.72 Å². The molecule has 0 radical (unpaired) electrons. The van der Waals surface area contributed by atoms with E-state index in [0.29, 0.717) is 0 Å². The Balaban J connectivity index is 2.43. The van der Waals surface area contributed by atoms with Gasteiger partial charge in [0, 0.05) is 6.07 Å². The second kappa shape index (κ2) is 5.58. The molecular weight excluding hydrogens is 320 g/mol. The van der Waals surface area contributed by atoms with Crippen LogP contribution in [0.4, 0.5) is 11.4 Å². The van der Waals surface area contributed by atoms with Crippen molar-refractivity contribution < 1.29 is 18.4 Å². The first kappa shape index (κ1) is 15.1. The first-order valence-electron chi connectivity index (χ1n) is 5.56. The van der Waals surface area contributed by atoms with Gasteiger partial charge in [-0.25, -0.2) is 8.42 Å². The summed E-state index contributed by atoms with van der Waals surface area (Å²) >= 11 is 5.68. The van der Waals surface area contributed by atoms with Crippen molar-refractivity contribution in [2.45, 2.75) is 4.90 Å². The third-order valence-electron chi connectivity index (χ3n) is 2.55. The van der Waals surface area contributed by atoms with E-state index >= 15 is 0 Å². The number of benzene rings is 2. The Morgan fingerprint density at radius 1 is 1.19 bits per heavy atom. The minimum absolute atomic E-state index is 0.0437. The summed E-state index contributed by atoms with van der Waals surface area (Å²) in [6.07, 6.45) is 0. The van der Waals surface area contributed by atoms with Gasteiger partial charge >= 0.3 is 0 Å². The van der Waals surface area contributed by atoms with E-state index in [1.807, 2.05) is 0 Å². The standard InChI is InChI=1S/C12H9ClN2O5S/c13-9-7-8(5-6-11(9)16)14-21(19,20)12-4-2-1-3-10(12)15(17)18/h1-7,14,16H. The fourth-order valence-corrected chi connectivity index (χ4v) is 3.02. The lowest BCUT2D eigenvalue weighted by atomic mass is 10.3. The molecular formula is C12H9ClN2O5S. The molecule has 2 aromatic carbocycles. The van der Waals surface area contributed by atoms with E-state index in [1.165, 1.54) is 30.3 Å². The van der Waals surface area contributed by atoms with Crippen molar-refractivity contribution >= 4 is 33.0 Å². The van der Waals surface area contributed by atoms with Crippen LogP contribution in [0.25, 0.3) is 0 Å². The number of anilines is 1. The normalized spacial score (nSPS) is 11.1. The van der Waals surface area contributed by atoms with Gasteiger partial charge in [0.2, 0.25) is 0 Å². The molecule has 0 bridgehead atoms. The lowest BCUT2D eigenvalue weighted by Gasteiger charge is -2.09. The largest absolute Gasteiger partial charge is 0.506 e. The minimum atomic E-state index is -4.15. The van der Waals surface area contributed by atoms with Gasteiger partial charge in [-0.15, -0.1) is 0 Å². The molecule has 0 fully saturated rings. The Bertz CT molecular complexity index is 807. The van der Waals surface area contributed by atoms with Crippen molar-refractivity contribution in [1.29, 1.82) is 0 Å². The number of nitro groups is 1. The van der Waals surface area contributed by atoms with E-state index in [4.69, 9.17) is 11.6 Å². The molecule has 0 saturated carbocycles. The van der Waals surface area contributed by atoms with Gasteiger partial charge in [-0.2, -0.15) is 0 Å². The topological polar surface area (TPSA) is 110 Å². The molecule has 0 saturated heterocycles. The first-order valence-corrected chi connectivity index (χ1v) is 7.42. The van der Waals surface area contributed by atoms with Crippen LogP contribution in [0, 0.1) is 10.1 Å². The number of rotatable bonds is 4. The van der Waals surface area contributed by atoms with Crippen molar-refractivity contribution in [1.82, 2.24) is 0 Å². The minimum Gasteiger partial charge on any atom is -0.506 e. The predicted octanol–water partition coefficient (Wildman–Crippen LogP) is 2.75. The Labute approximate surface area is 125 Å². The number of sulfonamides is 1. The lowest BCUT2D eigenvalue weighted by molar-refractivity contribution is -0.387. The Hall–Kier alpha value is -2.32. The number of nitrogens with zero attached hydrogens (tertiary/aromatic N) is 1. The second-order valence-corrected chi connectivity index (χ2v) is 6.05. The SMILES string of the molecule is O=[N+]([O-])c1ccccc1S(=O)(=O)Nc1ccc(O)c(Cl)c1. The highest BCUT2D eigenvalue weighted by atomic mass is 35.5. The van der Waals surface area contributed by atoms with E-state index in [1.54, 1.807) is 0 Å². The zero-order valence-electron chi connectivity index (χ0n) is 10.4. The molecule has 21 heavy (non-hydrogen) atoms. The number of phenolic OH excluding ortho intramolecular Hbond substituents is 1. The second-order valence-electron chi connectivity index (χ2n) is 4.00. The monoisotopic (exact) mass is 328 g/mol. The maximum Gasteiger partial charge on any atom is 0.289 e. The number of halogens is 1. The van der Waals surface area contributed by atoms with E-state index in [-0.39, 0.29) is 16.5 Å². The molecule has 0 atom stereocenters. The molecule has 2 N–H and O–H groups in total. The van der Waals surface area contributed by atoms with Crippen LogP contribution in [0.5, 0.6) is 5.75 Å². The molecule has 2 aromatic rings. The smallest absolute Gasteiger partial charge is 0.289 e. The fourth-order valence-electron chi connectivity index (χ4n) is 1.62. The summed E-state index contributed by atoms with van der Waals surface area (Å²) in [6.45, 7) is 0. The van der Waals surface area contributed by atoms with E-state index < -0.39 is 25.5 Å². The van der Waals surface area contributed by atoms with Gasteiger partial charge in [0.15, 0.2) is 4.90 Å². The fraction of sp³-hybridized carbons (Fsp3) is 0. The summed E-state index contributed by atoms with van der Waals surface area (Å²) in [5.74, 6) is -0.203. The Morgan fingerprint density at radius 2 is 1.86 bits per heavy atom. The number of para-hydroxylation sites is 1. The summed E-state index contributed by atoms with van der Waals surface area (Å²) in [5.41, 5.74) is -0.453. The van der Waals surface area contributed by atoms with Crippen LogP contribution in [0.2, 0.25) is 5.02 Å². The van der Waals surface area contributed by atoms with Crippen LogP contribution in [0.3, 0.4) is 0 Å². The zero-order valence-corrected chi connectivity index (χ0v) is 11.9. The van der Waals surface area contributed by atoms with E-state index in [0.717, 1.165) is 12.1 Å². The lowest BCUT2D eigenvalue weighted by Crippen LogP contribution is -2.14. The van der Waals surface area contributed by atoms with Gasteiger partial charge in [0.25, 0.3) is 15.7 Å². The average molecular weight is 329 g/mol. The van der Waals surface area contributed by atoms with Crippen LogP contribution >= 0.6 is 11.6 Å². The maximum absolute atomic E-state index is 12.2. The highest BCUT2D eigenvalue weighted by Gasteiger charge is 2.25. The van der Waals surface area contributed by atoms with Gasteiger partial charge in [0.1, 0.15) is 5.75 Å². The number of phenols is 1. The Morgan fingerprint density at radius 3 is 2.48 bits per heavy atom. The van der Waals surface area contributed by atoms with Crippen LogP contribution in [-0.4, -0.2) is 18.4 Å². The molecule has 7 nitrogen and oxygen atoms in total. The summed E-state index contributed by atoms with van der Waals surface area (Å²) < 4.78 is 26.6. The molecule has 0 aliphatic rings. The number of aromatic hydroxyl groups is 1. The molecule has 0 aliphatic heterocycles. The molecule has 0 aromatic heterocycles. The van der Waals surface area contributed by atoms with Gasteiger partial charge < -0.3 is 5.11 Å². The van der Waals surface area contributed by atoms with Crippen molar-refractivity contribution in [3.63, 3.8) is 0 Å². The molecule has 0 unspecified atom stereocenters. The average Bonchev–Trinajstić information content (AvgIpc) is 2.42. The van der Waals surface area contributed by atoms with E-state index in [2.05, 4.69) is 4.72 Å². The highest BCUT2D eigenvalue weighted by molar-refractivity contribution is 7.92. The molecule has 2 rings (SSSR count). The van der Waals surface area contributed by atoms with Gasteiger partial charge in [0.05, 0.1) is 15.6 Å². The summed E-state index contributed by atoms with van der Waals surface area (Å²) in [5, 5.41) is 20.1.